The van der Waals surface area contributed by atoms with Crippen LogP contribution in [-0.2, 0) is 0 Å². The molecule has 0 bridgehead atoms. The Balaban J connectivity index is 2.12. The van der Waals surface area contributed by atoms with Crippen molar-refractivity contribution in [1.29, 1.82) is 0 Å². The molecule has 0 unspecified atom stereocenters. The molecular weight excluding hydrogens is 292 g/mol. The van der Waals surface area contributed by atoms with Crippen LogP contribution in [0.15, 0.2) is 40.8 Å². The second-order valence-corrected chi connectivity index (χ2v) is 6.00. The van der Waals surface area contributed by atoms with E-state index >= 15 is 0 Å². The SMILES string of the molecule is CC(C)NC(=O)c1ccc(-c2ccc(C(=O)NC(C)C)o2)cc1. The number of amides is 2. The van der Waals surface area contributed by atoms with Gasteiger partial charge in [0.2, 0.25) is 0 Å². The largest absolute Gasteiger partial charge is 0.451 e. The molecule has 1 aromatic heterocycles. The van der Waals surface area contributed by atoms with Crippen molar-refractivity contribution in [2.75, 3.05) is 0 Å². The molecule has 5 nitrogen and oxygen atoms in total. The Hall–Kier alpha value is -2.56. The van der Waals surface area contributed by atoms with Gasteiger partial charge in [0.05, 0.1) is 0 Å². The number of hydrogen-bond acceptors (Lipinski definition) is 3. The molecule has 2 rings (SSSR count). The maximum atomic E-state index is 11.9. The van der Waals surface area contributed by atoms with E-state index in [2.05, 4.69) is 10.6 Å². The van der Waals surface area contributed by atoms with Gasteiger partial charge in [-0.2, -0.15) is 0 Å². The normalized spacial score (nSPS) is 10.9. The number of furan rings is 1. The van der Waals surface area contributed by atoms with Crippen molar-refractivity contribution in [2.45, 2.75) is 39.8 Å². The van der Waals surface area contributed by atoms with Crippen LogP contribution in [-0.4, -0.2) is 23.9 Å². The van der Waals surface area contributed by atoms with Crippen molar-refractivity contribution < 1.29 is 14.0 Å². The van der Waals surface area contributed by atoms with Crippen LogP contribution in [0.4, 0.5) is 0 Å². The van der Waals surface area contributed by atoms with Gasteiger partial charge in [-0.25, -0.2) is 0 Å². The van der Waals surface area contributed by atoms with E-state index in [9.17, 15) is 9.59 Å². The smallest absolute Gasteiger partial charge is 0.287 e. The highest BCUT2D eigenvalue weighted by molar-refractivity contribution is 5.95. The Morgan fingerprint density at radius 3 is 1.96 bits per heavy atom. The first-order valence-corrected chi connectivity index (χ1v) is 7.69. The molecule has 0 saturated carbocycles. The van der Waals surface area contributed by atoms with Crippen LogP contribution in [0.25, 0.3) is 11.3 Å². The summed E-state index contributed by atoms with van der Waals surface area (Å²) in [6.07, 6.45) is 0. The predicted molar refractivity (Wildman–Crippen MR) is 89.3 cm³/mol. The van der Waals surface area contributed by atoms with Gasteiger partial charge in [0, 0.05) is 23.2 Å². The first-order valence-electron chi connectivity index (χ1n) is 7.69. The summed E-state index contributed by atoms with van der Waals surface area (Å²) < 4.78 is 5.58. The van der Waals surface area contributed by atoms with Crippen LogP contribution < -0.4 is 10.6 Å². The van der Waals surface area contributed by atoms with Gasteiger partial charge in [-0.3, -0.25) is 9.59 Å². The van der Waals surface area contributed by atoms with Gasteiger partial charge in [-0.15, -0.1) is 0 Å². The summed E-state index contributed by atoms with van der Waals surface area (Å²) in [6.45, 7) is 7.61. The monoisotopic (exact) mass is 314 g/mol. The van der Waals surface area contributed by atoms with Crippen LogP contribution in [0.1, 0.15) is 48.6 Å². The van der Waals surface area contributed by atoms with Gasteiger partial charge in [0.25, 0.3) is 11.8 Å². The van der Waals surface area contributed by atoms with Crippen molar-refractivity contribution >= 4 is 11.8 Å². The van der Waals surface area contributed by atoms with Gasteiger partial charge < -0.3 is 15.1 Å². The summed E-state index contributed by atoms with van der Waals surface area (Å²) in [7, 11) is 0. The molecule has 5 heteroatoms. The van der Waals surface area contributed by atoms with Crippen LogP contribution in [0.3, 0.4) is 0 Å². The van der Waals surface area contributed by atoms with Gasteiger partial charge in [-0.05, 0) is 52.0 Å². The van der Waals surface area contributed by atoms with Crippen molar-refractivity contribution in [3.63, 3.8) is 0 Å². The summed E-state index contributed by atoms with van der Waals surface area (Å²) in [5, 5.41) is 5.62. The molecule has 0 radical (unpaired) electrons. The molecule has 0 aliphatic heterocycles. The summed E-state index contributed by atoms with van der Waals surface area (Å²) in [4.78, 5) is 23.8. The zero-order chi connectivity index (χ0) is 17.0. The Morgan fingerprint density at radius 2 is 1.39 bits per heavy atom. The minimum Gasteiger partial charge on any atom is -0.451 e. The second kappa shape index (κ2) is 7.13. The molecule has 1 heterocycles. The third-order valence-electron chi connectivity index (χ3n) is 3.10. The zero-order valence-corrected chi connectivity index (χ0v) is 13.8. The number of benzene rings is 1. The Morgan fingerprint density at radius 1 is 0.826 bits per heavy atom. The third kappa shape index (κ3) is 4.45. The average molecular weight is 314 g/mol. The van der Waals surface area contributed by atoms with Crippen LogP contribution in [0.5, 0.6) is 0 Å². The van der Waals surface area contributed by atoms with Gasteiger partial charge >= 0.3 is 0 Å². The lowest BCUT2D eigenvalue weighted by molar-refractivity contribution is 0.0914. The minimum atomic E-state index is -0.237. The lowest BCUT2D eigenvalue weighted by Crippen LogP contribution is -2.29. The third-order valence-corrected chi connectivity index (χ3v) is 3.10. The Bertz CT molecular complexity index is 685. The van der Waals surface area contributed by atoms with E-state index in [0.717, 1.165) is 5.56 Å². The summed E-state index contributed by atoms with van der Waals surface area (Å²) in [5.41, 5.74) is 1.40. The molecule has 0 saturated heterocycles. The molecular formula is C18H22N2O3. The lowest BCUT2D eigenvalue weighted by Gasteiger charge is -2.08. The molecule has 0 aliphatic carbocycles. The fourth-order valence-electron chi connectivity index (χ4n) is 2.08. The van der Waals surface area contributed by atoms with Crippen LogP contribution in [0, 0.1) is 0 Å². The highest BCUT2D eigenvalue weighted by atomic mass is 16.3. The molecule has 0 spiro atoms. The maximum absolute atomic E-state index is 11.9. The van der Waals surface area contributed by atoms with E-state index < -0.39 is 0 Å². The van der Waals surface area contributed by atoms with E-state index in [4.69, 9.17) is 4.42 Å². The van der Waals surface area contributed by atoms with Crippen molar-refractivity contribution in [3.05, 3.63) is 47.7 Å². The summed E-state index contributed by atoms with van der Waals surface area (Å²) >= 11 is 0. The molecule has 23 heavy (non-hydrogen) atoms. The second-order valence-electron chi connectivity index (χ2n) is 6.00. The van der Waals surface area contributed by atoms with Crippen LogP contribution >= 0.6 is 0 Å². The Kier molecular flexibility index (Phi) is 5.21. The molecule has 0 atom stereocenters. The number of nitrogens with one attached hydrogen (secondary N) is 2. The van der Waals surface area contributed by atoms with Crippen molar-refractivity contribution in [2.24, 2.45) is 0 Å². The highest BCUT2D eigenvalue weighted by Gasteiger charge is 2.13. The molecule has 122 valence electrons. The van der Waals surface area contributed by atoms with Gasteiger partial charge in [0.1, 0.15) is 5.76 Å². The first kappa shape index (κ1) is 16.8. The van der Waals surface area contributed by atoms with Gasteiger partial charge in [-0.1, -0.05) is 12.1 Å². The van der Waals surface area contributed by atoms with E-state index in [1.165, 1.54) is 0 Å². The van der Waals surface area contributed by atoms with E-state index in [1.54, 1.807) is 36.4 Å². The maximum Gasteiger partial charge on any atom is 0.287 e. The predicted octanol–water partition coefficient (Wildman–Crippen LogP) is 3.22. The fourth-order valence-corrected chi connectivity index (χ4v) is 2.08. The molecule has 2 amide bonds. The molecule has 1 aromatic carbocycles. The summed E-state index contributed by atoms with van der Waals surface area (Å²) in [6, 6.07) is 10.6. The van der Waals surface area contributed by atoms with Gasteiger partial charge in [0.15, 0.2) is 5.76 Å². The molecule has 2 aromatic rings. The number of carbonyl (C=O) groups excluding carboxylic acids is 2. The topological polar surface area (TPSA) is 71.3 Å². The summed E-state index contributed by atoms with van der Waals surface area (Å²) in [5.74, 6) is 0.521. The number of hydrogen-bond donors (Lipinski definition) is 2. The standard InChI is InChI=1S/C18H22N2O3/c1-11(2)19-17(21)14-7-5-13(6-8-14)15-9-10-16(23-15)18(22)20-12(3)4/h5-12H,1-4H3,(H,19,21)(H,20,22). The first-order chi connectivity index (χ1) is 10.9. The number of rotatable bonds is 5. The molecule has 0 aliphatic rings. The zero-order valence-electron chi connectivity index (χ0n) is 13.8. The van der Waals surface area contributed by atoms with E-state index in [1.807, 2.05) is 27.7 Å². The molecule has 2 N–H and O–H groups in total. The lowest BCUT2D eigenvalue weighted by atomic mass is 10.1. The van der Waals surface area contributed by atoms with Crippen molar-refractivity contribution in [3.8, 4) is 11.3 Å². The van der Waals surface area contributed by atoms with E-state index in [-0.39, 0.29) is 29.7 Å². The van der Waals surface area contributed by atoms with E-state index in [0.29, 0.717) is 11.3 Å². The quantitative estimate of drug-likeness (QED) is 0.890. The average Bonchev–Trinajstić information content (AvgIpc) is 2.96. The Labute approximate surface area is 136 Å². The minimum absolute atomic E-state index is 0.0507. The van der Waals surface area contributed by atoms with Crippen LogP contribution in [0.2, 0.25) is 0 Å². The molecule has 0 fully saturated rings. The number of carbonyl (C=O) groups is 2. The fraction of sp³-hybridized carbons (Fsp3) is 0.333. The van der Waals surface area contributed by atoms with Crippen molar-refractivity contribution in [1.82, 2.24) is 10.6 Å². The highest BCUT2D eigenvalue weighted by Crippen LogP contribution is 2.22.